The van der Waals surface area contributed by atoms with E-state index < -0.39 is 35.0 Å². The van der Waals surface area contributed by atoms with Crippen LogP contribution >= 0.6 is 22.9 Å². The van der Waals surface area contributed by atoms with E-state index in [1.807, 2.05) is 47.1 Å². The molecule has 1 saturated carbocycles. The van der Waals surface area contributed by atoms with Gasteiger partial charge in [0.05, 0.1) is 81.2 Å². The number of piperazine rings is 1. The lowest BCUT2D eigenvalue weighted by molar-refractivity contribution is -0.139. The van der Waals surface area contributed by atoms with Crippen LogP contribution in [0.1, 0.15) is 69.3 Å². The number of benzene rings is 4. The highest BCUT2D eigenvalue weighted by atomic mass is 35.5. The van der Waals surface area contributed by atoms with E-state index in [1.54, 1.807) is 30.3 Å². The minimum Gasteiger partial charge on any atom is -0.507 e. The van der Waals surface area contributed by atoms with E-state index in [2.05, 4.69) is 39.0 Å². The highest BCUT2D eigenvalue weighted by Crippen LogP contribution is 2.44. The molecule has 3 aliphatic rings. The largest absolute Gasteiger partial charge is 0.507 e. The van der Waals surface area contributed by atoms with Crippen molar-refractivity contribution in [1.29, 1.82) is 0 Å². The highest BCUT2D eigenvalue weighted by molar-refractivity contribution is 7.10. The normalized spacial score (nSPS) is 16.2. The number of amides is 4. The number of likely N-dealkylation sites (N-methyl/N-ethyl adjacent to an activating group) is 2. The molecule has 472 valence electrons. The first-order valence-electron chi connectivity index (χ1n) is 30.3. The van der Waals surface area contributed by atoms with E-state index in [4.69, 9.17) is 45.3 Å². The molecular formula is C64H79ClF2N10O10S. The van der Waals surface area contributed by atoms with Crippen LogP contribution in [-0.4, -0.2) is 190 Å². The lowest BCUT2D eigenvalue weighted by atomic mass is 9.83. The maximum Gasteiger partial charge on any atom is 0.246 e. The minimum absolute atomic E-state index is 0.00220. The lowest BCUT2D eigenvalue weighted by Crippen LogP contribution is -2.55. The van der Waals surface area contributed by atoms with Crippen molar-refractivity contribution in [3.63, 3.8) is 0 Å². The topological polar surface area (TPSA) is 222 Å². The van der Waals surface area contributed by atoms with Gasteiger partial charge in [-0.3, -0.25) is 19.2 Å². The van der Waals surface area contributed by atoms with Crippen molar-refractivity contribution in [2.75, 3.05) is 130 Å². The molecule has 0 unspecified atom stereocenters. The van der Waals surface area contributed by atoms with Crippen molar-refractivity contribution in [3.05, 3.63) is 100 Å². The molecule has 0 spiro atoms. The van der Waals surface area contributed by atoms with Crippen molar-refractivity contribution >= 4 is 80.0 Å². The van der Waals surface area contributed by atoms with Crippen molar-refractivity contribution in [2.24, 2.45) is 5.92 Å². The summed E-state index contributed by atoms with van der Waals surface area (Å²) in [5, 5.41) is 24.7. The Morgan fingerprint density at radius 3 is 2.20 bits per heavy atom. The molecule has 0 bridgehead atoms. The van der Waals surface area contributed by atoms with E-state index >= 15 is 8.78 Å². The number of nitrogens with zero attached hydrogens (tertiary/aromatic N) is 7. The fraction of sp³-hybridized carbons (Fsp3) is 0.484. The first kappa shape index (κ1) is 65.3. The van der Waals surface area contributed by atoms with E-state index in [0.29, 0.717) is 97.9 Å². The number of fused-ring (bicyclic) bond motifs is 2. The van der Waals surface area contributed by atoms with Crippen LogP contribution in [0.2, 0.25) is 5.02 Å². The van der Waals surface area contributed by atoms with Gasteiger partial charge in [0, 0.05) is 86.6 Å². The van der Waals surface area contributed by atoms with E-state index in [0.717, 1.165) is 83.8 Å². The zero-order valence-corrected chi connectivity index (χ0v) is 51.8. The van der Waals surface area contributed by atoms with Crippen LogP contribution < -0.4 is 25.6 Å². The quantitative estimate of drug-likeness (QED) is 0.0244. The number of aromatic nitrogens is 3. The van der Waals surface area contributed by atoms with Gasteiger partial charge in [0.15, 0.2) is 5.82 Å². The second-order valence-corrected chi connectivity index (χ2v) is 23.4. The first-order chi connectivity index (χ1) is 42.8. The Morgan fingerprint density at radius 1 is 0.818 bits per heavy atom. The number of halogens is 3. The van der Waals surface area contributed by atoms with Crippen LogP contribution in [0.3, 0.4) is 0 Å². The Morgan fingerprint density at radius 2 is 1.51 bits per heavy atom. The molecule has 88 heavy (non-hydrogen) atoms. The zero-order valence-electron chi connectivity index (χ0n) is 50.2. The van der Waals surface area contributed by atoms with Gasteiger partial charge >= 0.3 is 0 Å². The Labute approximate surface area is 520 Å². The summed E-state index contributed by atoms with van der Waals surface area (Å²) in [5.41, 5.74) is 0.895. The van der Waals surface area contributed by atoms with Gasteiger partial charge in [-0.15, -0.1) is 11.3 Å². The maximum absolute atomic E-state index is 16.5. The van der Waals surface area contributed by atoms with Crippen molar-refractivity contribution in [2.45, 2.75) is 76.4 Å². The summed E-state index contributed by atoms with van der Waals surface area (Å²) < 4.78 is 60.6. The summed E-state index contributed by atoms with van der Waals surface area (Å²) in [6, 6.07) is 16.1. The summed E-state index contributed by atoms with van der Waals surface area (Å²) in [4.78, 5) is 74.1. The molecule has 3 atom stereocenters. The van der Waals surface area contributed by atoms with E-state index in [-0.39, 0.29) is 82.6 Å². The number of carbonyl (C=O) groups excluding carboxylic acids is 4. The lowest BCUT2D eigenvalue weighted by Gasteiger charge is -2.35. The van der Waals surface area contributed by atoms with Gasteiger partial charge in [-0.1, -0.05) is 67.8 Å². The first-order valence-corrected chi connectivity index (χ1v) is 31.5. The van der Waals surface area contributed by atoms with Crippen LogP contribution in [-0.2, 0) is 38.1 Å². The SMILES string of the molecule is C=CC(=O)N1CCN(c2nc(NCCC(=O)N(C)CCOCCOCCOCCOCCOc3ccc(-c4csc([C@@H]5CCCN5C(=O)[C@@H](NC(=O)[C@H](C)NC)C5CCCCC5)n4)c4ccccc34)nc3c(F)c(-c4c(O)cccc4F)c(Cl)cc23)CC1. The van der Waals surface area contributed by atoms with Gasteiger partial charge in [-0.25, -0.2) is 18.7 Å². The smallest absolute Gasteiger partial charge is 0.246 e. The van der Waals surface area contributed by atoms with Gasteiger partial charge < -0.3 is 64.3 Å². The van der Waals surface area contributed by atoms with Crippen LogP contribution in [0.4, 0.5) is 20.5 Å². The number of thiazole rings is 1. The molecule has 2 aliphatic heterocycles. The standard InChI is InChI=1S/C64H79ClF2N10O10S/c1-5-53(79)75-25-27-76(28-26-75)60-46-39-47(65)55(56-48(66)17-11-19-51(56)78)57(67)59(46)72-64(73-60)69-23-22-54(80)74(4)29-30-83-31-32-84-33-34-85-35-36-86-37-38-87-52-21-20-44(43-15-9-10-16-45(43)52)49-40-88-62(70-49)50-18-12-24-77(50)63(82)58(42-13-7-6-8-14-42)71-61(81)41(2)68-3/h5,9-11,15-17,19-21,39-42,50,58,68,78H,1,6-8,12-14,18,22-38H2,2-4H3,(H,71,81)(H,69,72,73)/t41-,50-,58-/m0/s1. The number of aromatic hydroxyl groups is 1. The number of likely N-dealkylation sites (tertiary alicyclic amines) is 1. The number of carbonyl (C=O) groups is 4. The molecular weight excluding hydrogens is 1170 g/mol. The molecule has 4 N–H and O–H groups in total. The minimum atomic E-state index is -0.962. The average Bonchev–Trinajstić information content (AvgIpc) is 2.81. The fourth-order valence-corrected chi connectivity index (χ4v) is 12.7. The Kier molecular flexibility index (Phi) is 23.7. The number of hydrogen-bond acceptors (Lipinski definition) is 17. The highest BCUT2D eigenvalue weighted by Gasteiger charge is 2.40. The van der Waals surface area contributed by atoms with Crippen molar-refractivity contribution < 1.29 is 56.7 Å². The van der Waals surface area contributed by atoms with E-state index in [9.17, 15) is 24.3 Å². The molecule has 20 nitrogen and oxygen atoms in total. The third-order valence-corrected chi connectivity index (χ3v) is 17.6. The number of nitrogens with one attached hydrogen (secondary N) is 3. The van der Waals surface area contributed by atoms with Crippen LogP contribution in [0, 0.1) is 17.6 Å². The number of phenolic OH excluding ortho intramolecular Hbond substituents is 1. The van der Waals surface area contributed by atoms with Crippen LogP contribution in [0.25, 0.3) is 44.1 Å². The predicted molar refractivity (Wildman–Crippen MR) is 336 cm³/mol. The predicted octanol–water partition coefficient (Wildman–Crippen LogP) is 8.79. The molecule has 24 heteroatoms. The number of ether oxygens (including phenoxy) is 5. The molecule has 6 aromatic rings. The third-order valence-electron chi connectivity index (χ3n) is 16.4. The average molecular weight is 1250 g/mol. The molecule has 1 aliphatic carbocycles. The molecule has 2 aromatic heterocycles. The van der Waals surface area contributed by atoms with Crippen LogP contribution in [0.5, 0.6) is 11.5 Å². The van der Waals surface area contributed by atoms with Gasteiger partial charge in [-0.2, -0.15) is 4.98 Å². The summed E-state index contributed by atoms with van der Waals surface area (Å²) in [6.45, 7) is 11.0. The fourth-order valence-electron chi connectivity index (χ4n) is 11.4. The summed E-state index contributed by atoms with van der Waals surface area (Å²) in [6.07, 6.45) is 8.17. The van der Waals surface area contributed by atoms with Gasteiger partial charge in [0.25, 0.3) is 0 Å². The van der Waals surface area contributed by atoms with Gasteiger partial charge in [0.1, 0.15) is 46.3 Å². The van der Waals surface area contributed by atoms with Crippen molar-refractivity contribution in [1.82, 2.24) is 40.3 Å². The second-order valence-electron chi connectivity index (χ2n) is 22.1. The molecule has 0 radical (unpaired) electrons. The summed E-state index contributed by atoms with van der Waals surface area (Å²) in [7, 11) is 3.42. The molecule has 3 fully saturated rings. The van der Waals surface area contributed by atoms with Crippen LogP contribution in [0.15, 0.2) is 78.7 Å². The summed E-state index contributed by atoms with van der Waals surface area (Å²) in [5.74, 6) is -1.68. The number of phenols is 1. The Balaban J connectivity index is 0.651. The summed E-state index contributed by atoms with van der Waals surface area (Å²) >= 11 is 8.17. The van der Waals surface area contributed by atoms with E-state index in [1.165, 1.54) is 29.2 Å². The number of anilines is 2. The Bertz CT molecular complexity index is 3370. The second kappa shape index (κ2) is 31.9. The molecule has 4 amide bonds. The van der Waals surface area contributed by atoms with Gasteiger partial charge in [0.2, 0.25) is 29.6 Å². The molecule has 4 heterocycles. The molecule has 4 aromatic carbocycles. The van der Waals surface area contributed by atoms with Crippen molar-refractivity contribution in [3.8, 4) is 33.9 Å². The monoisotopic (exact) mass is 1250 g/mol. The Hall–Kier alpha value is -7.12. The molecule has 2 saturated heterocycles. The number of hydrogen-bond donors (Lipinski definition) is 4. The number of rotatable bonds is 30. The van der Waals surface area contributed by atoms with Gasteiger partial charge in [-0.05, 0) is 87.4 Å². The molecule has 9 rings (SSSR count). The maximum atomic E-state index is 16.5. The zero-order chi connectivity index (χ0) is 62.1. The third kappa shape index (κ3) is 16.2.